The van der Waals surface area contributed by atoms with Crippen LogP contribution in [-0.2, 0) is 11.3 Å². The van der Waals surface area contributed by atoms with Crippen LogP contribution in [0.1, 0.15) is 17.2 Å². The van der Waals surface area contributed by atoms with E-state index in [4.69, 9.17) is 14.2 Å². The first-order valence-electron chi connectivity index (χ1n) is 9.59. The fourth-order valence-corrected chi connectivity index (χ4v) is 3.63. The lowest BCUT2D eigenvalue weighted by molar-refractivity contribution is -0.165. The average Bonchev–Trinajstić information content (AvgIpc) is 2.79. The molecule has 0 spiro atoms. The number of carbonyl (C=O) groups is 1. The van der Waals surface area contributed by atoms with E-state index in [1.54, 1.807) is 31.3 Å². The zero-order valence-corrected chi connectivity index (χ0v) is 16.7. The van der Waals surface area contributed by atoms with E-state index in [0.29, 0.717) is 23.8 Å². The van der Waals surface area contributed by atoms with Gasteiger partial charge < -0.3 is 19.1 Å². The highest BCUT2D eigenvalue weighted by Gasteiger charge is 2.50. The monoisotopic (exact) mass is 407 g/mol. The summed E-state index contributed by atoms with van der Waals surface area (Å²) < 4.78 is 30.1. The summed E-state index contributed by atoms with van der Waals surface area (Å²) in [6, 6.07) is 20.7. The van der Waals surface area contributed by atoms with Crippen LogP contribution >= 0.6 is 0 Å². The molecule has 0 radical (unpaired) electrons. The number of hydrogen-bond acceptors (Lipinski definition) is 4. The first kappa shape index (κ1) is 19.8. The van der Waals surface area contributed by atoms with Crippen LogP contribution in [0.3, 0.4) is 0 Å². The Labute approximate surface area is 174 Å². The van der Waals surface area contributed by atoms with Crippen LogP contribution in [0.15, 0.2) is 72.8 Å². The molecule has 30 heavy (non-hydrogen) atoms. The number of halogens is 1. The van der Waals surface area contributed by atoms with Gasteiger partial charge in [0.05, 0.1) is 14.2 Å². The topological polar surface area (TPSA) is 48.0 Å². The van der Waals surface area contributed by atoms with Crippen molar-refractivity contribution in [3.05, 3.63) is 89.7 Å². The number of β-lactam (4-membered cyclic amide) rings is 1. The van der Waals surface area contributed by atoms with Crippen molar-refractivity contribution in [3.8, 4) is 17.2 Å². The molecule has 1 saturated heterocycles. The molecule has 1 aliphatic heterocycles. The van der Waals surface area contributed by atoms with Crippen molar-refractivity contribution in [2.24, 2.45) is 0 Å². The molecule has 0 aliphatic carbocycles. The van der Waals surface area contributed by atoms with Gasteiger partial charge in [0.15, 0.2) is 11.5 Å². The fraction of sp³-hybridized carbons (Fsp3) is 0.208. The molecule has 0 aromatic heterocycles. The summed E-state index contributed by atoms with van der Waals surface area (Å²) in [7, 11) is 3.15. The van der Waals surface area contributed by atoms with E-state index in [-0.39, 0.29) is 17.8 Å². The Kier molecular flexibility index (Phi) is 5.57. The highest BCUT2D eigenvalue weighted by atomic mass is 19.1. The van der Waals surface area contributed by atoms with Crippen LogP contribution in [0.25, 0.3) is 0 Å². The maximum absolute atomic E-state index is 13.3. The summed E-state index contributed by atoms with van der Waals surface area (Å²) in [5, 5.41) is 0. The largest absolute Gasteiger partial charge is 0.493 e. The van der Waals surface area contributed by atoms with Gasteiger partial charge in [0.25, 0.3) is 5.91 Å². The van der Waals surface area contributed by atoms with Gasteiger partial charge in [-0.1, -0.05) is 36.4 Å². The van der Waals surface area contributed by atoms with Crippen molar-refractivity contribution in [2.45, 2.75) is 18.7 Å². The third kappa shape index (κ3) is 3.81. The summed E-state index contributed by atoms with van der Waals surface area (Å²) >= 11 is 0. The smallest absolute Gasteiger partial charge is 0.267 e. The van der Waals surface area contributed by atoms with E-state index in [2.05, 4.69) is 0 Å². The van der Waals surface area contributed by atoms with Crippen molar-refractivity contribution in [1.29, 1.82) is 0 Å². The van der Waals surface area contributed by atoms with Crippen LogP contribution in [0.2, 0.25) is 0 Å². The molecule has 0 saturated carbocycles. The van der Waals surface area contributed by atoms with Crippen molar-refractivity contribution >= 4 is 5.91 Å². The summed E-state index contributed by atoms with van der Waals surface area (Å²) in [6.07, 6.45) is -0.661. The van der Waals surface area contributed by atoms with Gasteiger partial charge in [-0.3, -0.25) is 4.79 Å². The SMILES string of the molecule is COc1ccc([C@H]2[C@@H](Oc3ccccc3)C(=O)N2Cc2ccc(F)cc2)cc1OC. The maximum Gasteiger partial charge on any atom is 0.267 e. The first-order chi connectivity index (χ1) is 14.6. The lowest BCUT2D eigenvalue weighted by Crippen LogP contribution is -2.60. The van der Waals surface area contributed by atoms with Crippen LogP contribution in [-0.4, -0.2) is 31.1 Å². The molecule has 5 nitrogen and oxygen atoms in total. The molecule has 3 aromatic carbocycles. The second-order valence-electron chi connectivity index (χ2n) is 7.00. The van der Waals surface area contributed by atoms with Crippen molar-refractivity contribution in [3.63, 3.8) is 0 Å². The van der Waals surface area contributed by atoms with Gasteiger partial charge in [0.2, 0.25) is 6.10 Å². The lowest BCUT2D eigenvalue weighted by atomic mass is 9.89. The normalized spacial score (nSPS) is 18.0. The van der Waals surface area contributed by atoms with E-state index in [0.717, 1.165) is 11.1 Å². The summed E-state index contributed by atoms with van der Waals surface area (Å²) in [5.41, 5.74) is 1.71. The number of carbonyl (C=O) groups excluding carboxylic acids is 1. The van der Waals surface area contributed by atoms with E-state index in [9.17, 15) is 9.18 Å². The van der Waals surface area contributed by atoms with E-state index >= 15 is 0 Å². The van der Waals surface area contributed by atoms with Crippen LogP contribution < -0.4 is 14.2 Å². The number of para-hydroxylation sites is 1. The van der Waals surface area contributed by atoms with Gasteiger partial charge >= 0.3 is 0 Å². The number of benzene rings is 3. The minimum absolute atomic E-state index is 0.122. The van der Waals surface area contributed by atoms with E-state index in [1.807, 2.05) is 48.5 Å². The fourth-order valence-electron chi connectivity index (χ4n) is 3.63. The van der Waals surface area contributed by atoms with Crippen molar-refractivity contribution in [2.75, 3.05) is 14.2 Å². The molecular weight excluding hydrogens is 385 g/mol. The van der Waals surface area contributed by atoms with E-state index < -0.39 is 6.10 Å². The van der Waals surface area contributed by atoms with Gasteiger partial charge in [-0.25, -0.2) is 4.39 Å². The number of nitrogens with zero attached hydrogens (tertiary/aromatic N) is 1. The Balaban J connectivity index is 1.65. The molecule has 1 aliphatic rings. The molecular formula is C24H22FNO4. The predicted octanol–water partition coefficient (Wildman–Crippen LogP) is 4.37. The summed E-state index contributed by atoms with van der Waals surface area (Å²) in [5.74, 6) is 1.38. The van der Waals surface area contributed by atoms with Crippen LogP contribution in [0, 0.1) is 5.82 Å². The van der Waals surface area contributed by atoms with Gasteiger partial charge in [0.1, 0.15) is 17.6 Å². The minimum Gasteiger partial charge on any atom is -0.493 e. The number of rotatable bonds is 7. The highest BCUT2D eigenvalue weighted by Crippen LogP contribution is 2.41. The number of hydrogen-bond donors (Lipinski definition) is 0. The number of ether oxygens (including phenoxy) is 3. The Morgan fingerprint density at radius 2 is 1.60 bits per heavy atom. The second-order valence-corrected chi connectivity index (χ2v) is 7.00. The molecule has 1 fully saturated rings. The molecule has 2 atom stereocenters. The molecule has 1 amide bonds. The van der Waals surface area contributed by atoms with Crippen molar-refractivity contribution < 1.29 is 23.4 Å². The Hall–Kier alpha value is -3.54. The lowest BCUT2D eigenvalue weighted by Gasteiger charge is -2.47. The highest BCUT2D eigenvalue weighted by molar-refractivity contribution is 5.89. The molecule has 4 rings (SSSR count). The summed E-state index contributed by atoms with van der Waals surface area (Å²) in [4.78, 5) is 14.7. The minimum atomic E-state index is -0.661. The quantitative estimate of drug-likeness (QED) is 0.546. The molecule has 154 valence electrons. The zero-order chi connectivity index (χ0) is 21.1. The second kappa shape index (κ2) is 8.45. The van der Waals surface area contributed by atoms with Crippen LogP contribution in [0.5, 0.6) is 17.2 Å². The third-order valence-electron chi connectivity index (χ3n) is 5.17. The van der Waals surface area contributed by atoms with Gasteiger partial charge in [-0.05, 0) is 47.5 Å². The summed E-state index contributed by atoms with van der Waals surface area (Å²) in [6.45, 7) is 0.354. The predicted molar refractivity (Wildman–Crippen MR) is 110 cm³/mol. The number of amides is 1. The average molecular weight is 407 g/mol. The first-order valence-corrected chi connectivity index (χ1v) is 9.59. The third-order valence-corrected chi connectivity index (χ3v) is 5.17. The maximum atomic E-state index is 13.3. The van der Waals surface area contributed by atoms with E-state index in [1.165, 1.54) is 12.1 Å². The standard InChI is InChI=1S/C24H22FNO4/c1-28-20-13-10-17(14-21(20)29-2)22-23(30-19-6-4-3-5-7-19)24(27)26(22)15-16-8-11-18(25)12-9-16/h3-14,22-23H,15H2,1-2H3/t22-,23+/m0/s1. The molecule has 6 heteroatoms. The van der Waals surface area contributed by atoms with Gasteiger partial charge in [0, 0.05) is 6.54 Å². The Bertz CT molecular complexity index is 1020. The molecule has 0 N–H and O–H groups in total. The zero-order valence-electron chi connectivity index (χ0n) is 16.7. The van der Waals surface area contributed by atoms with Gasteiger partial charge in [-0.2, -0.15) is 0 Å². The molecule has 0 unspecified atom stereocenters. The van der Waals surface area contributed by atoms with Crippen molar-refractivity contribution in [1.82, 2.24) is 4.90 Å². The molecule has 0 bridgehead atoms. The molecule has 3 aromatic rings. The van der Waals surface area contributed by atoms with Crippen LogP contribution in [0.4, 0.5) is 4.39 Å². The molecule has 1 heterocycles. The number of methoxy groups -OCH3 is 2. The van der Waals surface area contributed by atoms with Gasteiger partial charge in [-0.15, -0.1) is 0 Å². The Morgan fingerprint density at radius 3 is 2.27 bits per heavy atom. The number of likely N-dealkylation sites (tertiary alicyclic amines) is 1. The Morgan fingerprint density at radius 1 is 0.900 bits per heavy atom.